The largest absolute Gasteiger partial charge is 0.340 e. The van der Waals surface area contributed by atoms with Crippen LogP contribution in [0.3, 0.4) is 0 Å². The monoisotopic (exact) mass is 273 g/mol. The molecule has 108 valence electrons. The third-order valence-corrected chi connectivity index (χ3v) is 3.56. The third-order valence-electron chi connectivity index (χ3n) is 3.56. The molecule has 1 aromatic carbocycles. The maximum Gasteiger partial charge on any atom is 0.223 e. The van der Waals surface area contributed by atoms with Crippen LogP contribution in [0.4, 0.5) is 0 Å². The van der Waals surface area contributed by atoms with Gasteiger partial charge in [0.2, 0.25) is 5.91 Å². The molecule has 4 heteroatoms. The number of benzene rings is 1. The van der Waals surface area contributed by atoms with E-state index in [9.17, 15) is 4.79 Å². The van der Waals surface area contributed by atoms with Gasteiger partial charge in [0, 0.05) is 45.7 Å². The molecule has 1 amide bonds. The van der Waals surface area contributed by atoms with Gasteiger partial charge in [-0.05, 0) is 5.56 Å². The maximum absolute atomic E-state index is 11.7. The summed E-state index contributed by atoms with van der Waals surface area (Å²) < 4.78 is 0. The number of nitrogens with two attached hydrogens (primary N) is 1. The van der Waals surface area contributed by atoms with E-state index in [1.54, 1.807) is 0 Å². The SMILES string of the molecule is NCCC(=O)N1CCN(C/C=C/c2ccccc2)CC1. The summed E-state index contributed by atoms with van der Waals surface area (Å²) in [6.07, 6.45) is 4.80. The molecule has 1 heterocycles. The molecule has 4 nitrogen and oxygen atoms in total. The predicted octanol–water partition coefficient (Wildman–Crippen LogP) is 1.19. The van der Waals surface area contributed by atoms with Gasteiger partial charge in [0.1, 0.15) is 0 Å². The zero-order chi connectivity index (χ0) is 14.2. The Morgan fingerprint density at radius 1 is 1.15 bits per heavy atom. The zero-order valence-corrected chi connectivity index (χ0v) is 11.9. The molecule has 1 aliphatic heterocycles. The van der Waals surface area contributed by atoms with Gasteiger partial charge in [-0.25, -0.2) is 0 Å². The van der Waals surface area contributed by atoms with Gasteiger partial charge in [0.15, 0.2) is 0 Å². The zero-order valence-electron chi connectivity index (χ0n) is 11.9. The summed E-state index contributed by atoms with van der Waals surface area (Å²) in [6, 6.07) is 10.3. The number of rotatable bonds is 5. The van der Waals surface area contributed by atoms with Gasteiger partial charge in [-0.3, -0.25) is 9.69 Å². The van der Waals surface area contributed by atoms with Crippen molar-refractivity contribution in [3.05, 3.63) is 42.0 Å². The lowest BCUT2D eigenvalue weighted by molar-refractivity contribution is -0.132. The molecular weight excluding hydrogens is 250 g/mol. The number of hydrogen-bond acceptors (Lipinski definition) is 3. The van der Waals surface area contributed by atoms with Gasteiger partial charge in [0.05, 0.1) is 0 Å². The summed E-state index contributed by atoms with van der Waals surface area (Å²) in [4.78, 5) is 16.0. The molecule has 1 aromatic rings. The van der Waals surface area contributed by atoms with Gasteiger partial charge in [-0.1, -0.05) is 42.5 Å². The van der Waals surface area contributed by atoms with Crippen molar-refractivity contribution in [3.8, 4) is 0 Å². The van der Waals surface area contributed by atoms with Crippen molar-refractivity contribution in [2.45, 2.75) is 6.42 Å². The van der Waals surface area contributed by atoms with Crippen molar-refractivity contribution in [1.29, 1.82) is 0 Å². The van der Waals surface area contributed by atoms with Crippen LogP contribution >= 0.6 is 0 Å². The van der Waals surface area contributed by atoms with E-state index in [0.717, 1.165) is 32.7 Å². The van der Waals surface area contributed by atoms with Gasteiger partial charge in [-0.15, -0.1) is 0 Å². The molecule has 0 atom stereocenters. The predicted molar refractivity (Wildman–Crippen MR) is 82.2 cm³/mol. The minimum atomic E-state index is 0.187. The highest BCUT2D eigenvalue weighted by atomic mass is 16.2. The molecule has 0 radical (unpaired) electrons. The average molecular weight is 273 g/mol. The number of nitrogens with zero attached hydrogens (tertiary/aromatic N) is 2. The lowest BCUT2D eigenvalue weighted by Gasteiger charge is -2.34. The minimum Gasteiger partial charge on any atom is -0.340 e. The van der Waals surface area contributed by atoms with Crippen LogP contribution in [0.15, 0.2) is 36.4 Å². The lowest BCUT2D eigenvalue weighted by Crippen LogP contribution is -2.48. The molecule has 20 heavy (non-hydrogen) atoms. The molecule has 0 saturated carbocycles. The molecule has 0 aromatic heterocycles. The summed E-state index contributed by atoms with van der Waals surface area (Å²) in [5.74, 6) is 0.187. The fourth-order valence-electron chi connectivity index (χ4n) is 2.36. The van der Waals surface area contributed by atoms with Crippen LogP contribution in [0, 0.1) is 0 Å². The van der Waals surface area contributed by atoms with E-state index in [-0.39, 0.29) is 5.91 Å². The van der Waals surface area contributed by atoms with Crippen LogP contribution in [-0.4, -0.2) is 55.0 Å². The second-order valence-electron chi connectivity index (χ2n) is 5.03. The van der Waals surface area contributed by atoms with E-state index in [4.69, 9.17) is 5.73 Å². The first-order valence-electron chi connectivity index (χ1n) is 7.21. The highest BCUT2D eigenvalue weighted by Crippen LogP contribution is 2.05. The van der Waals surface area contributed by atoms with Gasteiger partial charge in [-0.2, -0.15) is 0 Å². The van der Waals surface area contributed by atoms with E-state index in [1.165, 1.54) is 5.56 Å². The summed E-state index contributed by atoms with van der Waals surface area (Å²) in [7, 11) is 0. The highest BCUT2D eigenvalue weighted by Gasteiger charge is 2.19. The molecule has 0 bridgehead atoms. The fourth-order valence-corrected chi connectivity index (χ4v) is 2.36. The number of piperazine rings is 1. The smallest absolute Gasteiger partial charge is 0.223 e. The van der Waals surface area contributed by atoms with Crippen LogP contribution in [0.25, 0.3) is 6.08 Å². The summed E-state index contributed by atoms with van der Waals surface area (Å²) in [5, 5.41) is 0. The van der Waals surface area contributed by atoms with Crippen LogP contribution in [0.2, 0.25) is 0 Å². The van der Waals surface area contributed by atoms with Gasteiger partial charge < -0.3 is 10.6 Å². The molecule has 1 saturated heterocycles. The Morgan fingerprint density at radius 2 is 1.85 bits per heavy atom. The van der Waals surface area contributed by atoms with E-state index in [2.05, 4.69) is 29.2 Å². The Balaban J connectivity index is 1.72. The van der Waals surface area contributed by atoms with Crippen molar-refractivity contribution in [1.82, 2.24) is 9.80 Å². The first-order valence-corrected chi connectivity index (χ1v) is 7.21. The van der Waals surface area contributed by atoms with Gasteiger partial charge in [0.25, 0.3) is 0 Å². The lowest BCUT2D eigenvalue weighted by atomic mass is 10.2. The van der Waals surface area contributed by atoms with Crippen LogP contribution < -0.4 is 5.73 Å². The van der Waals surface area contributed by atoms with Crippen LogP contribution in [0.5, 0.6) is 0 Å². The Labute approximate surface area is 120 Å². The summed E-state index contributed by atoms with van der Waals surface area (Å²) in [6.45, 7) is 4.90. The van der Waals surface area contributed by atoms with Crippen molar-refractivity contribution in [2.24, 2.45) is 5.73 Å². The molecule has 2 N–H and O–H groups in total. The number of carbonyl (C=O) groups excluding carboxylic acids is 1. The number of carbonyl (C=O) groups is 1. The van der Waals surface area contributed by atoms with Gasteiger partial charge >= 0.3 is 0 Å². The highest BCUT2D eigenvalue weighted by molar-refractivity contribution is 5.76. The molecule has 1 aliphatic rings. The first kappa shape index (κ1) is 14.8. The second-order valence-corrected chi connectivity index (χ2v) is 5.03. The third kappa shape index (κ3) is 4.47. The van der Waals surface area contributed by atoms with Crippen LogP contribution in [0.1, 0.15) is 12.0 Å². The molecular formula is C16H23N3O. The summed E-state index contributed by atoms with van der Waals surface area (Å²) in [5.41, 5.74) is 6.64. The Bertz CT molecular complexity index is 436. The van der Waals surface area contributed by atoms with Crippen molar-refractivity contribution >= 4 is 12.0 Å². The second kappa shape index (κ2) is 7.82. The molecule has 1 fully saturated rings. The Kier molecular flexibility index (Phi) is 5.77. The number of hydrogen-bond donors (Lipinski definition) is 1. The van der Waals surface area contributed by atoms with Crippen LogP contribution in [-0.2, 0) is 4.79 Å². The van der Waals surface area contributed by atoms with E-state index in [0.29, 0.717) is 13.0 Å². The molecule has 0 aliphatic carbocycles. The maximum atomic E-state index is 11.7. The average Bonchev–Trinajstić information content (AvgIpc) is 2.49. The molecule has 0 unspecified atom stereocenters. The Hall–Kier alpha value is -1.65. The van der Waals surface area contributed by atoms with Crippen molar-refractivity contribution < 1.29 is 4.79 Å². The number of amides is 1. The first-order chi connectivity index (χ1) is 9.79. The van der Waals surface area contributed by atoms with Crippen molar-refractivity contribution in [3.63, 3.8) is 0 Å². The normalized spacial score (nSPS) is 16.8. The Morgan fingerprint density at radius 3 is 2.50 bits per heavy atom. The van der Waals surface area contributed by atoms with E-state index >= 15 is 0 Å². The van der Waals surface area contributed by atoms with Crippen molar-refractivity contribution in [2.75, 3.05) is 39.3 Å². The molecule has 0 spiro atoms. The standard InChI is InChI=1S/C16H23N3O/c17-9-8-16(20)19-13-11-18(12-14-19)10-4-7-15-5-2-1-3-6-15/h1-7H,8-14,17H2/b7-4+. The fraction of sp³-hybridized carbons (Fsp3) is 0.438. The van der Waals surface area contributed by atoms with E-state index in [1.807, 2.05) is 23.1 Å². The topological polar surface area (TPSA) is 49.6 Å². The minimum absolute atomic E-state index is 0.187. The molecule has 2 rings (SSSR count). The van der Waals surface area contributed by atoms with E-state index < -0.39 is 0 Å². The quantitative estimate of drug-likeness (QED) is 0.877. The summed E-state index contributed by atoms with van der Waals surface area (Å²) >= 11 is 0.